The first-order chi connectivity index (χ1) is 9.43. The third kappa shape index (κ3) is 5.21. The maximum absolute atomic E-state index is 11.9. The van der Waals surface area contributed by atoms with Gasteiger partial charge in [-0.15, -0.1) is 0 Å². The van der Waals surface area contributed by atoms with Gasteiger partial charge in [0.2, 0.25) is 5.91 Å². The van der Waals surface area contributed by atoms with Crippen LogP contribution in [0.2, 0.25) is 0 Å². The predicted octanol–water partition coefficient (Wildman–Crippen LogP) is 2.13. The van der Waals surface area contributed by atoms with Crippen molar-refractivity contribution >= 4 is 5.91 Å². The van der Waals surface area contributed by atoms with E-state index in [2.05, 4.69) is 23.6 Å². The Bertz CT molecular complexity index is 432. The zero-order valence-electron chi connectivity index (χ0n) is 13.1. The first-order valence-corrected chi connectivity index (χ1v) is 7.12. The molecular formula is C16H26N2O2. The summed E-state index contributed by atoms with van der Waals surface area (Å²) in [7, 11) is 1.68. The van der Waals surface area contributed by atoms with Crippen molar-refractivity contribution < 1.29 is 9.53 Å². The standard InChI is InChI=1S/C16H26N2O2/c1-11(2)17-16(19)13(4)18-12(3)10-14-8-6-7-9-15(14)20-5/h6-9,11-13,18H,10H2,1-5H3,(H,17,19). The van der Waals surface area contributed by atoms with Crippen LogP contribution in [0.15, 0.2) is 24.3 Å². The van der Waals surface area contributed by atoms with Gasteiger partial charge in [0.05, 0.1) is 13.2 Å². The van der Waals surface area contributed by atoms with Crippen LogP contribution in [0.3, 0.4) is 0 Å². The summed E-state index contributed by atoms with van der Waals surface area (Å²) in [6.45, 7) is 7.88. The summed E-state index contributed by atoms with van der Waals surface area (Å²) in [5, 5.41) is 6.23. The number of methoxy groups -OCH3 is 1. The van der Waals surface area contributed by atoms with Crippen LogP contribution in [-0.2, 0) is 11.2 Å². The van der Waals surface area contributed by atoms with E-state index in [0.29, 0.717) is 0 Å². The predicted molar refractivity (Wildman–Crippen MR) is 82.0 cm³/mol. The number of benzene rings is 1. The zero-order chi connectivity index (χ0) is 15.1. The van der Waals surface area contributed by atoms with Gasteiger partial charge in [-0.1, -0.05) is 18.2 Å². The lowest BCUT2D eigenvalue weighted by atomic mass is 10.1. The molecule has 2 atom stereocenters. The molecule has 0 aromatic heterocycles. The molecule has 0 aliphatic carbocycles. The summed E-state index contributed by atoms with van der Waals surface area (Å²) in [6, 6.07) is 8.11. The molecule has 2 unspecified atom stereocenters. The highest BCUT2D eigenvalue weighted by Gasteiger charge is 2.16. The molecule has 1 aromatic carbocycles. The van der Waals surface area contributed by atoms with Gasteiger partial charge in [-0.3, -0.25) is 4.79 Å². The topological polar surface area (TPSA) is 50.4 Å². The molecule has 112 valence electrons. The highest BCUT2D eigenvalue weighted by molar-refractivity contribution is 5.81. The van der Waals surface area contributed by atoms with Gasteiger partial charge < -0.3 is 15.4 Å². The van der Waals surface area contributed by atoms with Crippen molar-refractivity contribution in [3.8, 4) is 5.75 Å². The monoisotopic (exact) mass is 278 g/mol. The van der Waals surface area contributed by atoms with Crippen LogP contribution in [0.25, 0.3) is 0 Å². The van der Waals surface area contributed by atoms with Crippen molar-refractivity contribution in [3.63, 3.8) is 0 Å². The molecule has 20 heavy (non-hydrogen) atoms. The number of rotatable bonds is 7. The van der Waals surface area contributed by atoms with E-state index in [1.165, 1.54) is 0 Å². The van der Waals surface area contributed by atoms with E-state index in [1.807, 2.05) is 39.0 Å². The largest absolute Gasteiger partial charge is 0.496 e. The number of nitrogens with one attached hydrogen (secondary N) is 2. The maximum atomic E-state index is 11.9. The van der Waals surface area contributed by atoms with E-state index in [0.717, 1.165) is 17.7 Å². The molecule has 0 saturated heterocycles. The second kappa shape index (κ2) is 7.90. The van der Waals surface area contributed by atoms with Crippen LogP contribution in [0.5, 0.6) is 5.75 Å². The normalized spacial score (nSPS) is 13.9. The summed E-state index contributed by atoms with van der Waals surface area (Å²) in [4.78, 5) is 11.9. The molecule has 2 N–H and O–H groups in total. The van der Waals surface area contributed by atoms with Crippen molar-refractivity contribution in [3.05, 3.63) is 29.8 Å². The maximum Gasteiger partial charge on any atom is 0.237 e. The van der Waals surface area contributed by atoms with E-state index in [4.69, 9.17) is 4.74 Å². The quantitative estimate of drug-likeness (QED) is 0.803. The summed E-state index contributed by atoms with van der Waals surface area (Å²) >= 11 is 0. The van der Waals surface area contributed by atoms with Gasteiger partial charge >= 0.3 is 0 Å². The lowest BCUT2D eigenvalue weighted by molar-refractivity contribution is -0.123. The SMILES string of the molecule is COc1ccccc1CC(C)NC(C)C(=O)NC(C)C. The minimum absolute atomic E-state index is 0.0341. The van der Waals surface area contributed by atoms with E-state index >= 15 is 0 Å². The second-order valence-corrected chi connectivity index (χ2v) is 5.47. The molecule has 0 aliphatic rings. The molecule has 1 amide bonds. The molecule has 0 heterocycles. The zero-order valence-corrected chi connectivity index (χ0v) is 13.1. The third-order valence-corrected chi connectivity index (χ3v) is 3.08. The van der Waals surface area contributed by atoms with Crippen molar-refractivity contribution in [2.75, 3.05) is 7.11 Å². The number of para-hydroxylation sites is 1. The third-order valence-electron chi connectivity index (χ3n) is 3.08. The fourth-order valence-electron chi connectivity index (χ4n) is 2.17. The van der Waals surface area contributed by atoms with Crippen LogP contribution < -0.4 is 15.4 Å². The minimum Gasteiger partial charge on any atom is -0.496 e. The Hall–Kier alpha value is -1.55. The average Bonchev–Trinajstić information content (AvgIpc) is 2.38. The van der Waals surface area contributed by atoms with Crippen LogP contribution in [0.1, 0.15) is 33.3 Å². The van der Waals surface area contributed by atoms with Gasteiger partial charge in [0.25, 0.3) is 0 Å². The Kier molecular flexibility index (Phi) is 6.52. The first kappa shape index (κ1) is 16.5. The van der Waals surface area contributed by atoms with Gasteiger partial charge in [0, 0.05) is 12.1 Å². The summed E-state index contributed by atoms with van der Waals surface area (Å²) in [5.74, 6) is 0.923. The van der Waals surface area contributed by atoms with Crippen molar-refractivity contribution in [2.45, 2.75) is 52.2 Å². The number of carbonyl (C=O) groups is 1. The fraction of sp³-hybridized carbons (Fsp3) is 0.562. The molecule has 0 fully saturated rings. The highest BCUT2D eigenvalue weighted by atomic mass is 16.5. The van der Waals surface area contributed by atoms with E-state index in [-0.39, 0.29) is 24.0 Å². The molecule has 0 aliphatic heterocycles. The molecule has 0 saturated carbocycles. The molecule has 4 nitrogen and oxygen atoms in total. The molecule has 4 heteroatoms. The Morgan fingerprint density at radius 2 is 1.85 bits per heavy atom. The number of hydrogen-bond acceptors (Lipinski definition) is 3. The van der Waals surface area contributed by atoms with Gasteiger partial charge in [-0.25, -0.2) is 0 Å². The second-order valence-electron chi connectivity index (χ2n) is 5.47. The Balaban J connectivity index is 2.54. The van der Waals surface area contributed by atoms with Gasteiger partial charge in [-0.2, -0.15) is 0 Å². The van der Waals surface area contributed by atoms with Crippen LogP contribution >= 0.6 is 0 Å². The smallest absolute Gasteiger partial charge is 0.237 e. The number of amides is 1. The number of carbonyl (C=O) groups excluding carboxylic acids is 1. The molecule has 0 bridgehead atoms. The number of ether oxygens (including phenoxy) is 1. The Morgan fingerprint density at radius 3 is 2.45 bits per heavy atom. The highest BCUT2D eigenvalue weighted by Crippen LogP contribution is 2.18. The molecule has 1 aromatic rings. The molecule has 0 spiro atoms. The lowest BCUT2D eigenvalue weighted by Crippen LogP contribution is -2.48. The van der Waals surface area contributed by atoms with Crippen LogP contribution in [0.4, 0.5) is 0 Å². The van der Waals surface area contributed by atoms with Crippen LogP contribution in [0, 0.1) is 0 Å². The van der Waals surface area contributed by atoms with Crippen LogP contribution in [-0.4, -0.2) is 31.1 Å². The molecule has 0 radical (unpaired) electrons. The fourth-order valence-corrected chi connectivity index (χ4v) is 2.17. The average molecular weight is 278 g/mol. The van der Waals surface area contributed by atoms with Gasteiger partial charge in [0.1, 0.15) is 5.75 Å². The lowest BCUT2D eigenvalue weighted by Gasteiger charge is -2.21. The first-order valence-electron chi connectivity index (χ1n) is 7.12. The summed E-state index contributed by atoms with van der Waals surface area (Å²) in [6.07, 6.45) is 0.823. The van der Waals surface area contributed by atoms with E-state index in [9.17, 15) is 4.79 Å². The Labute approximate surface area is 121 Å². The minimum atomic E-state index is -0.206. The van der Waals surface area contributed by atoms with E-state index < -0.39 is 0 Å². The Morgan fingerprint density at radius 1 is 1.20 bits per heavy atom. The summed E-state index contributed by atoms with van der Waals surface area (Å²) in [5.41, 5.74) is 1.14. The van der Waals surface area contributed by atoms with E-state index in [1.54, 1.807) is 7.11 Å². The van der Waals surface area contributed by atoms with Gasteiger partial charge in [-0.05, 0) is 45.7 Å². The van der Waals surface area contributed by atoms with Crippen molar-refractivity contribution in [1.29, 1.82) is 0 Å². The molecular weight excluding hydrogens is 252 g/mol. The van der Waals surface area contributed by atoms with Gasteiger partial charge in [0.15, 0.2) is 0 Å². The summed E-state index contributed by atoms with van der Waals surface area (Å²) < 4.78 is 5.34. The number of hydrogen-bond donors (Lipinski definition) is 2. The van der Waals surface area contributed by atoms with Crippen molar-refractivity contribution in [1.82, 2.24) is 10.6 Å². The molecule has 1 rings (SSSR count). The van der Waals surface area contributed by atoms with Crippen molar-refractivity contribution in [2.24, 2.45) is 0 Å².